The van der Waals surface area contributed by atoms with Crippen LogP contribution in [0.3, 0.4) is 0 Å². The van der Waals surface area contributed by atoms with Gasteiger partial charge in [-0.2, -0.15) is 0 Å². The van der Waals surface area contributed by atoms with Crippen molar-refractivity contribution >= 4 is 0 Å². The summed E-state index contributed by atoms with van der Waals surface area (Å²) in [6, 6.07) is 19.5. The predicted octanol–water partition coefficient (Wildman–Crippen LogP) is 2.28. The van der Waals surface area contributed by atoms with Gasteiger partial charge in [-0.25, -0.2) is 0 Å². The Bertz CT molecular complexity index is 1410. The van der Waals surface area contributed by atoms with Crippen LogP contribution in [0, 0.1) is 6.92 Å². The molecule has 0 saturated carbocycles. The number of nitrogens with zero attached hydrogens (tertiary/aromatic N) is 3. The smallest absolute Gasteiger partial charge is 0.124 e. The number of phenolic OH excluding ortho intramolecular Hbond substituents is 2. The van der Waals surface area contributed by atoms with Crippen LogP contribution in [0.1, 0.15) is 52.6 Å². The molecular weight excluding hydrogens is 634 g/mol. The van der Waals surface area contributed by atoms with Crippen LogP contribution in [0.15, 0.2) is 60.7 Å². The van der Waals surface area contributed by atoms with Crippen molar-refractivity contribution in [3.05, 3.63) is 94.0 Å². The van der Waals surface area contributed by atoms with E-state index in [9.17, 15) is 30.6 Å². The van der Waals surface area contributed by atoms with Gasteiger partial charge in [-0.3, -0.25) is 14.7 Å². The second-order valence-corrected chi connectivity index (χ2v) is 13.6. The molecule has 11 heteroatoms. The standard InChI is InChI=1S/C39H59N5O6/c1-30-19-34(22-41-37(28-47)29-48)39(50)35(20-30)25-44-17-7-14-42(23-31-9-3-2-4-10-31)13-6-15-43(16-8-18-44)24-33-12-5-11-32(38(33)49)21-40-36(26-45)27-46/h2-5,9-12,19-20,36-37,40-41,45-50H,6-8,13-18,21-29H2,1H3. The van der Waals surface area contributed by atoms with Gasteiger partial charge in [0.25, 0.3) is 0 Å². The molecule has 1 aliphatic heterocycles. The molecule has 1 heterocycles. The number of hydrogen-bond donors (Lipinski definition) is 8. The molecule has 3 aromatic rings. The monoisotopic (exact) mass is 693 g/mol. The van der Waals surface area contributed by atoms with Gasteiger partial charge in [0.15, 0.2) is 0 Å². The molecule has 50 heavy (non-hydrogen) atoms. The molecule has 0 aliphatic carbocycles. The first-order valence-corrected chi connectivity index (χ1v) is 18.1. The number of aliphatic hydroxyl groups is 4. The maximum absolute atomic E-state index is 11.3. The zero-order chi connectivity index (χ0) is 35.7. The number of hydrogen-bond acceptors (Lipinski definition) is 11. The molecule has 276 valence electrons. The van der Waals surface area contributed by atoms with E-state index in [0.717, 1.165) is 92.9 Å². The van der Waals surface area contributed by atoms with Crippen LogP contribution < -0.4 is 10.6 Å². The van der Waals surface area contributed by atoms with Crippen molar-refractivity contribution in [2.24, 2.45) is 0 Å². The first kappa shape index (κ1) is 39.7. The zero-order valence-electron chi connectivity index (χ0n) is 29.7. The van der Waals surface area contributed by atoms with Gasteiger partial charge in [-0.15, -0.1) is 0 Å². The van der Waals surface area contributed by atoms with Crippen molar-refractivity contribution in [3.8, 4) is 11.5 Å². The Morgan fingerprint density at radius 2 is 0.980 bits per heavy atom. The van der Waals surface area contributed by atoms with Crippen LogP contribution in [0.2, 0.25) is 0 Å². The molecule has 0 unspecified atom stereocenters. The molecule has 1 fully saturated rings. The Balaban J connectivity index is 1.50. The van der Waals surface area contributed by atoms with Gasteiger partial charge in [0.2, 0.25) is 0 Å². The van der Waals surface area contributed by atoms with Gasteiger partial charge < -0.3 is 41.3 Å². The van der Waals surface area contributed by atoms with E-state index in [1.54, 1.807) is 0 Å². The summed E-state index contributed by atoms with van der Waals surface area (Å²) in [7, 11) is 0. The number of nitrogens with one attached hydrogen (secondary N) is 2. The van der Waals surface area contributed by atoms with Crippen LogP contribution in [-0.2, 0) is 32.7 Å². The molecule has 1 aliphatic rings. The Kier molecular flexibility index (Phi) is 16.9. The number of aryl methyl sites for hydroxylation is 1. The van der Waals surface area contributed by atoms with E-state index in [1.165, 1.54) is 5.56 Å². The summed E-state index contributed by atoms with van der Waals surface area (Å²) in [5.74, 6) is 0.503. The van der Waals surface area contributed by atoms with Crippen LogP contribution in [-0.4, -0.2) is 123 Å². The Labute approximate surface area is 297 Å². The highest BCUT2D eigenvalue weighted by molar-refractivity contribution is 5.43. The Morgan fingerprint density at radius 1 is 0.540 bits per heavy atom. The number of aliphatic hydroxyl groups excluding tert-OH is 4. The third kappa shape index (κ3) is 12.6. The summed E-state index contributed by atoms with van der Waals surface area (Å²) < 4.78 is 0. The van der Waals surface area contributed by atoms with Gasteiger partial charge in [-0.1, -0.05) is 66.2 Å². The molecule has 0 bridgehead atoms. The van der Waals surface area contributed by atoms with Gasteiger partial charge in [-0.05, 0) is 71.0 Å². The molecular formula is C39H59N5O6. The fourth-order valence-corrected chi connectivity index (χ4v) is 6.67. The fraction of sp³-hybridized carbons (Fsp3) is 0.538. The topological polar surface area (TPSA) is 155 Å². The van der Waals surface area contributed by atoms with Crippen LogP contribution >= 0.6 is 0 Å². The van der Waals surface area contributed by atoms with Crippen molar-refractivity contribution in [2.45, 2.75) is 71.0 Å². The maximum Gasteiger partial charge on any atom is 0.124 e. The summed E-state index contributed by atoms with van der Waals surface area (Å²) in [6.45, 7) is 9.52. The highest BCUT2D eigenvalue weighted by atomic mass is 16.3. The van der Waals surface area contributed by atoms with E-state index >= 15 is 0 Å². The summed E-state index contributed by atoms with van der Waals surface area (Å²) in [4.78, 5) is 7.38. The SMILES string of the molecule is Cc1cc(CNC(CO)CO)c(O)c(CN2CCCN(Cc3ccccc3)CCCN(Cc3cccc(CNC(CO)CO)c3O)CCC2)c1. The number of para-hydroxylation sites is 1. The molecule has 0 amide bonds. The van der Waals surface area contributed by atoms with E-state index in [4.69, 9.17) is 0 Å². The van der Waals surface area contributed by atoms with Crippen LogP contribution in [0.4, 0.5) is 0 Å². The van der Waals surface area contributed by atoms with Gasteiger partial charge in [0.05, 0.1) is 38.5 Å². The molecule has 4 rings (SSSR count). The lowest BCUT2D eigenvalue weighted by Crippen LogP contribution is -2.36. The maximum atomic E-state index is 11.3. The molecule has 1 saturated heterocycles. The minimum absolute atomic E-state index is 0.180. The number of benzene rings is 3. The van der Waals surface area contributed by atoms with E-state index in [0.29, 0.717) is 26.2 Å². The molecule has 0 spiro atoms. The second-order valence-electron chi connectivity index (χ2n) is 13.6. The van der Waals surface area contributed by atoms with Crippen molar-refractivity contribution in [2.75, 3.05) is 65.7 Å². The largest absolute Gasteiger partial charge is 0.507 e. The van der Waals surface area contributed by atoms with Gasteiger partial charge in [0.1, 0.15) is 11.5 Å². The minimum atomic E-state index is -0.443. The van der Waals surface area contributed by atoms with Gasteiger partial charge in [0, 0.05) is 55.0 Å². The molecule has 0 radical (unpaired) electrons. The molecule has 0 aromatic heterocycles. The lowest BCUT2D eigenvalue weighted by Gasteiger charge is -2.31. The molecule has 8 N–H and O–H groups in total. The van der Waals surface area contributed by atoms with Crippen molar-refractivity contribution in [1.29, 1.82) is 0 Å². The Hall–Kier alpha value is -3.10. The second kappa shape index (κ2) is 21.3. The highest BCUT2D eigenvalue weighted by Gasteiger charge is 2.19. The molecule has 11 nitrogen and oxygen atoms in total. The fourth-order valence-electron chi connectivity index (χ4n) is 6.67. The highest BCUT2D eigenvalue weighted by Crippen LogP contribution is 2.27. The van der Waals surface area contributed by atoms with E-state index < -0.39 is 12.1 Å². The van der Waals surface area contributed by atoms with Crippen LogP contribution in [0.5, 0.6) is 11.5 Å². The van der Waals surface area contributed by atoms with Crippen molar-refractivity contribution in [3.63, 3.8) is 0 Å². The minimum Gasteiger partial charge on any atom is -0.507 e. The number of rotatable bonds is 16. The lowest BCUT2D eigenvalue weighted by molar-refractivity contribution is 0.169. The Morgan fingerprint density at radius 3 is 1.52 bits per heavy atom. The number of aromatic hydroxyl groups is 2. The van der Waals surface area contributed by atoms with E-state index in [1.807, 2.05) is 43.3 Å². The van der Waals surface area contributed by atoms with Crippen molar-refractivity contribution < 1.29 is 30.6 Å². The van der Waals surface area contributed by atoms with E-state index in [-0.39, 0.29) is 37.9 Å². The quantitative estimate of drug-likeness (QED) is 0.112. The third-order valence-electron chi connectivity index (χ3n) is 9.54. The normalized spacial score (nSPS) is 16.1. The third-order valence-corrected chi connectivity index (χ3v) is 9.54. The van der Waals surface area contributed by atoms with Gasteiger partial charge >= 0.3 is 0 Å². The zero-order valence-corrected chi connectivity index (χ0v) is 29.7. The summed E-state index contributed by atoms with van der Waals surface area (Å²) in [5, 5.41) is 66.6. The first-order valence-electron chi connectivity index (χ1n) is 18.1. The summed E-state index contributed by atoms with van der Waals surface area (Å²) >= 11 is 0. The summed E-state index contributed by atoms with van der Waals surface area (Å²) in [5.41, 5.74) is 5.56. The lowest BCUT2D eigenvalue weighted by atomic mass is 10.0. The average Bonchev–Trinajstić information content (AvgIpc) is 3.11. The van der Waals surface area contributed by atoms with Crippen LogP contribution in [0.25, 0.3) is 0 Å². The average molecular weight is 694 g/mol. The number of phenols is 2. The molecule has 3 aromatic carbocycles. The predicted molar refractivity (Wildman–Crippen MR) is 197 cm³/mol. The summed E-state index contributed by atoms with van der Waals surface area (Å²) in [6.07, 6.45) is 2.95. The first-order chi connectivity index (χ1) is 24.3. The molecule has 0 atom stereocenters. The van der Waals surface area contributed by atoms with Crippen molar-refractivity contribution in [1.82, 2.24) is 25.3 Å². The van der Waals surface area contributed by atoms with E-state index in [2.05, 4.69) is 49.6 Å².